The minimum atomic E-state index is 0.554. The third-order valence-corrected chi connectivity index (χ3v) is 8.64. The van der Waals surface area contributed by atoms with Gasteiger partial charge < -0.3 is 37.9 Å². The predicted molar refractivity (Wildman–Crippen MR) is 204 cm³/mol. The Morgan fingerprint density at radius 2 is 0.306 bits per heavy atom. The van der Waals surface area contributed by atoms with E-state index in [1.807, 2.05) is 0 Å². The summed E-state index contributed by atoms with van der Waals surface area (Å²) in [5.74, 6) is 0. The van der Waals surface area contributed by atoms with Gasteiger partial charge in [-0.3, -0.25) is 0 Å². The fraction of sp³-hybridized carbons (Fsp3) is 1.00. The molecule has 0 heterocycles. The standard InChI is InChI=1S/C41H84O8/c1-3-5-7-9-11-13-15-16-17-19-21-23-25-27-43-29-31-45-33-35-47-37-39-49-41-40-48-38-36-46-34-32-44-30-28-42-26-24-22-20-18-14-12-10-8-6-4-2/h3-41H2,1-2H3. The molecule has 0 aromatic rings. The van der Waals surface area contributed by atoms with Crippen molar-refractivity contribution in [1.82, 2.24) is 0 Å². The molecule has 0 bridgehead atoms. The van der Waals surface area contributed by atoms with Crippen LogP contribution in [0, 0.1) is 0 Å². The summed E-state index contributed by atoms with van der Waals surface area (Å²) in [4.78, 5) is 0. The third kappa shape index (κ3) is 47.7. The van der Waals surface area contributed by atoms with Gasteiger partial charge in [0.2, 0.25) is 0 Å². The maximum absolute atomic E-state index is 5.68. The van der Waals surface area contributed by atoms with Crippen molar-refractivity contribution in [3.63, 3.8) is 0 Å². The second kappa shape index (κ2) is 47.7. The zero-order valence-electron chi connectivity index (χ0n) is 32.8. The van der Waals surface area contributed by atoms with E-state index >= 15 is 0 Å². The molecule has 0 amide bonds. The van der Waals surface area contributed by atoms with E-state index in [2.05, 4.69) is 13.8 Å². The Hall–Kier alpha value is -0.320. The first kappa shape index (κ1) is 48.7. The summed E-state index contributed by atoms with van der Waals surface area (Å²) in [5, 5.41) is 0. The minimum absolute atomic E-state index is 0.554. The van der Waals surface area contributed by atoms with Gasteiger partial charge in [0.05, 0.1) is 92.5 Å². The number of hydrogen-bond acceptors (Lipinski definition) is 8. The van der Waals surface area contributed by atoms with Crippen LogP contribution in [0.1, 0.15) is 162 Å². The van der Waals surface area contributed by atoms with E-state index in [1.54, 1.807) is 0 Å². The maximum atomic E-state index is 5.68. The minimum Gasteiger partial charge on any atom is -0.379 e. The fourth-order valence-corrected chi connectivity index (χ4v) is 5.55. The molecule has 49 heavy (non-hydrogen) atoms. The molecule has 8 nitrogen and oxygen atoms in total. The summed E-state index contributed by atoms with van der Waals surface area (Å²) in [7, 11) is 0. The smallest absolute Gasteiger partial charge is 0.0701 e. The molecule has 0 N–H and O–H groups in total. The van der Waals surface area contributed by atoms with Crippen molar-refractivity contribution in [2.75, 3.05) is 106 Å². The zero-order chi connectivity index (χ0) is 35.2. The molecule has 0 radical (unpaired) electrons. The topological polar surface area (TPSA) is 73.8 Å². The lowest BCUT2D eigenvalue weighted by Crippen LogP contribution is -2.15. The molecular formula is C41H84O8. The molecule has 0 rings (SSSR count). The van der Waals surface area contributed by atoms with Crippen LogP contribution in [0.15, 0.2) is 0 Å². The molecule has 0 saturated heterocycles. The molecule has 8 heteroatoms. The second-order valence-electron chi connectivity index (χ2n) is 13.3. The first-order valence-corrected chi connectivity index (χ1v) is 21.0. The van der Waals surface area contributed by atoms with Crippen molar-refractivity contribution in [2.45, 2.75) is 162 Å². The van der Waals surface area contributed by atoms with Gasteiger partial charge in [-0.25, -0.2) is 0 Å². The Balaban J connectivity index is 3.04. The van der Waals surface area contributed by atoms with Crippen LogP contribution in [0.4, 0.5) is 0 Å². The van der Waals surface area contributed by atoms with Gasteiger partial charge in [-0.15, -0.1) is 0 Å². The van der Waals surface area contributed by atoms with Crippen LogP contribution in [-0.4, -0.2) is 106 Å². The molecule has 0 aliphatic heterocycles. The van der Waals surface area contributed by atoms with Gasteiger partial charge in [-0.05, 0) is 12.8 Å². The van der Waals surface area contributed by atoms with Crippen LogP contribution in [0.3, 0.4) is 0 Å². The highest BCUT2D eigenvalue weighted by Crippen LogP contribution is 2.13. The number of hydrogen-bond donors (Lipinski definition) is 0. The summed E-state index contributed by atoms with van der Waals surface area (Å²) in [6, 6.07) is 0. The SMILES string of the molecule is CCCCCCCCCCCCCCCOCCOCCOCCOCCOCCOCCOCCOCCCCCCCCCCCC. The summed E-state index contributed by atoms with van der Waals surface area (Å²) < 4.78 is 44.6. The van der Waals surface area contributed by atoms with Crippen LogP contribution in [-0.2, 0) is 37.9 Å². The summed E-state index contributed by atoms with van der Waals surface area (Å²) in [5.41, 5.74) is 0. The van der Waals surface area contributed by atoms with E-state index in [4.69, 9.17) is 37.9 Å². The summed E-state index contributed by atoms with van der Waals surface area (Å²) >= 11 is 0. The van der Waals surface area contributed by atoms with Gasteiger partial charge in [0.15, 0.2) is 0 Å². The Bertz CT molecular complexity index is 508. The van der Waals surface area contributed by atoms with Crippen molar-refractivity contribution >= 4 is 0 Å². The molecule has 0 atom stereocenters. The quantitative estimate of drug-likeness (QED) is 0.0580. The van der Waals surface area contributed by atoms with E-state index in [0.29, 0.717) is 92.5 Å². The first-order chi connectivity index (χ1) is 24.4. The van der Waals surface area contributed by atoms with Gasteiger partial charge in [0.1, 0.15) is 0 Å². The fourth-order valence-electron chi connectivity index (χ4n) is 5.55. The molecule has 0 unspecified atom stereocenters. The molecule has 0 aliphatic rings. The Kier molecular flexibility index (Phi) is 47.4. The van der Waals surface area contributed by atoms with Crippen LogP contribution in [0.25, 0.3) is 0 Å². The Labute approximate surface area is 304 Å². The van der Waals surface area contributed by atoms with Gasteiger partial charge >= 0.3 is 0 Å². The number of unbranched alkanes of at least 4 members (excludes halogenated alkanes) is 21. The van der Waals surface area contributed by atoms with Crippen molar-refractivity contribution in [3.05, 3.63) is 0 Å². The van der Waals surface area contributed by atoms with Crippen LogP contribution < -0.4 is 0 Å². The highest BCUT2D eigenvalue weighted by Gasteiger charge is 1.98. The number of rotatable bonds is 46. The molecule has 0 spiro atoms. The average Bonchev–Trinajstić information content (AvgIpc) is 3.11. The highest BCUT2D eigenvalue weighted by molar-refractivity contribution is 4.50. The predicted octanol–water partition coefficient (Wildman–Crippen LogP) is 10.1. The molecule has 0 fully saturated rings. The van der Waals surface area contributed by atoms with E-state index < -0.39 is 0 Å². The zero-order valence-corrected chi connectivity index (χ0v) is 32.8. The van der Waals surface area contributed by atoms with E-state index in [-0.39, 0.29) is 0 Å². The van der Waals surface area contributed by atoms with Crippen LogP contribution in [0.2, 0.25) is 0 Å². The maximum Gasteiger partial charge on any atom is 0.0701 e. The van der Waals surface area contributed by atoms with E-state index in [9.17, 15) is 0 Å². The Morgan fingerprint density at radius 3 is 0.490 bits per heavy atom. The first-order valence-electron chi connectivity index (χ1n) is 21.0. The highest BCUT2D eigenvalue weighted by atomic mass is 16.6. The second-order valence-corrected chi connectivity index (χ2v) is 13.3. The van der Waals surface area contributed by atoms with E-state index in [1.165, 1.54) is 135 Å². The van der Waals surface area contributed by atoms with Gasteiger partial charge in [-0.2, -0.15) is 0 Å². The lowest BCUT2D eigenvalue weighted by molar-refractivity contribution is -0.0232. The van der Waals surface area contributed by atoms with E-state index in [0.717, 1.165) is 26.1 Å². The van der Waals surface area contributed by atoms with Gasteiger partial charge in [0.25, 0.3) is 0 Å². The molecule has 0 aromatic carbocycles. The van der Waals surface area contributed by atoms with Crippen molar-refractivity contribution in [3.8, 4) is 0 Å². The molecule has 296 valence electrons. The molecule has 0 aliphatic carbocycles. The third-order valence-electron chi connectivity index (χ3n) is 8.64. The Morgan fingerprint density at radius 1 is 0.163 bits per heavy atom. The van der Waals surface area contributed by atoms with Crippen LogP contribution in [0.5, 0.6) is 0 Å². The van der Waals surface area contributed by atoms with Crippen LogP contribution >= 0.6 is 0 Å². The summed E-state index contributed by atoms with van der Waals surface area (Å²) in [6.45, 7) is 14.5. The van der Waals surface area contributed by atoms with Crippen molar-refractivity contribution in [2.24, 2.45) is 0 Å². The van der Waals surface area contributed by atoms with Gasteiger partial charge in [0, 0.05) is 13.2 Å². The van der Waals surface area contributed by atoms with Crippen molar-refractivity contribution in [1.29, 1.82) is 0 Å². The molecule has 0 saturated carbocycles. The molecule has 0 aromatic heterocycles. The largest absolute Gasteiger partial charge is 0.379 e. The lowest BCUT2D eigenvalue weighted by atomic mass is 10.0. The molecular weight excluding hydrogens is 620 g/mol. The summed E-state index contributed by atoms with van der Waals surface area (Å²) in [6.07, 6.45) is 31.4. The number of ether oxygens (including phenoxy) is 8. The average molecular weight is 705 g/mol. The lowest BCUT2D eigenvalue weighted by Gasteiger charge is -2.09. The van der Waals surface area contributed by atoms with Crippen molar-refractivity contribution < 1.29 is 37.9 Å². The van der Waals surface area contributed by atoms with Gasteiger partial charge in [-0.1, -0.05) is 149 Å². The normalized spacial score (nSPS) is 11.6. The monoisotopic (exact) mass is 705 g/mol.